The van der Waals surface area contributed by atoms with E-state index in [4.69, 9.17) is 4.74 Å². The van der Waals surface area contributed by atoms with E-state index in [-0.39, 0.29) is 24.5 Å². The number of alkyl halides is 3. The second-order valence-corrected chi connectivity index (χ2v) is 6.61. The summed E-state index contributed by atoms with van der Waals surface area (Å²) in [5.74, 6) is 0.344. The van der Waals surface area contributed by atoms with E-state index in [2.05, 4.69) is 5.32 Å². The number of benzene rings is 1. The number of amides is 1. The van der Waals surface area contributed by atoms with Crippen LogP contribution in [0.1, 0.15) is 31.4 Å². The molecule has 7 heteroatoms. The third kappa shape index (κ3) is 5.71. The molecule has 1 aromatic rings. The molecule has 1 atom stereocenters. The van der Waals surface area contributed by atoms with Crippen molar-refractivity contribution in [1.82, 2.24) is 10.2 Å². The van der Waals surface area contributed by atoms with Crippen molar-refractivity contribution in [3.8, 4) is 0 Å². The van der Waals surface area contributed by atoms with E-state index in [9.17, 15) is 18.0 Å². The topological polar surface area (TPSA) is 41.6 Å². The van der Waals surface area contributed by atoms with E-state index in [0.29, 0.717) is 31.7 Å². The number of hydrogen-bond acceptors (Lipinski definition) is 3. The molecule has 0 aromatic heterocycles. The average Bonchev–Trinajstić information content (AvgIpc) is 2.75. The maximum atomic E-state index is 12.6. The number of nitrogens with zero attached hydrogens (tertiary/aromatic N) is 1. The number of carbonyl (C=O) groups is 1. The maximum Gasteiger partial charge on any atom is 0.416 e. The van der Waals surface area contributed by atoms with Crippen LogP contribution in [-0.4, -0.2) is 43.1 Å². The van der Waals surface area contributed by atoms with Crippen molar-refractivity contribution in [2.75, 3.05) is 26.2 Å². The summed E-state index contributed by atoms with van der Waals surface area (Å²) in [7, 11) is 0. The predicted octanol–water partition coefficient (Wildman–Crippen LogP) is 3.07. The van der Waals surface area contributed by atoms with Gasteiger partial charge in [-0.05, 0) is 23.6 Å². The monoisotopic (exact) mass is 358 g/mol. The highest BCUT2D eigenvalue weighted by atomic mass is 19.4. The Bertz CT molecular complexity index is 558. The Hall–Kier alpha value is -1.60. The minimum absolute atomic E-state index is 0.0400. The highest BCUT2D eigenvalue weighted by Crippen LogP contribution is 2.29. The van der Waals surface area contributed by atoms with Gasteiger partial charge in [0.15, 0.2) is 0 Å². The minimum Gasteiger partial charge on any atom is -0.375 e. The Balaban J connectivity index is 1.92. The summed E-state index contributed by atoms with van der Waals surface area (Å²) in [5, 5.41) is 3.21. The molecule has 0 bridgehead atoms. The second kappa shape index (κ2) is 8.67. The molecular formula is C18H25F3N2O2. The fourth-order valence-electron chi connectivity index (χ4n) is 2.87. The largest absolute Gasteiger partial charge is 0.416 e. The predicted molar refractivity (Wildman–Crippen MR) is 88.9 cm³/mol. The zero-order valence-electron chi connectivity index (χ0n) is 14.6. The van der Waals surface area contributed by atoms with Gasteiger partial charge >= 0.3 is 6.18 Å². The van der Waals surface area contributed by atoms with Gasteiger partial charge in [-0.1, -0.05) is 26.0 Å². The van der Waals surface area contributed by atoms with Crippen LogP contribution in [0, 0.1) is 5.92 Å². The summed E-state index contributed by atoms with van der Waals surface area (Å²) in [6.45, 7) is 6.76. The van der Waals surface area contributed by atoms with Crippen LogP contribution in [0.4, 0.5) is 13.2 Å². The molecule has 1 saturated heterocycles. The molecule has 140 valence electrons. The maximum absolute atomic E-state index is 12.6. The van der Waals surface area contributed by atoms with Gasteiger partial charge in [-0.25, -0.2) is 0 Å². The van der Waals surface area contributed by atoms with Crippen LogP contribution < -0.4 is 5.32 Å². The summed E-state index contributed by atoms with van der Waals surface area (Å²) in [6.07, 6.45) is -3.86. The Morgan fingerprint density at radius 2 is 1.88 bits per heavy atom. The van der Waals surface area contributed by atoms with Crippen LogP contribution in [-0.2, 0) is 22.3 Å². The molecule has 1 N–H and O–H groups in total. The zero-order chi connectivity index (χ0) is 18.4. The molecule has 1 aromatic carbocycles. The SMILES string of the molecule is CC(C)[C@@H](COCc1ccc(C(F)(F)F)cc1)N1CCNCCC1=O. The molecule has 1 aliphatic rings. The molecule has 0 radical (unpaired) electrons. The quantitative estimate of drug-likeness (QED) is 0.850. The van der Waals surface area contributed by atoms with Crippen molar-refractivity contribution in [2.24, 2.45) is 5.92 Å². The van der Waals surface area contributed by atoms with Crippen molar-refractivity contribution in [1.29, 1.82) is 0 Å². The lowest BCUT2D eigenvalue weighted by atomic mass is 10.0. The van der Waals surface area contributed by atoms with E-state index in [1.807, 2.05) is 18.7 Å². The lowest BCUT2D eigenvalue weighted by molar-refractivity contribution is -0.137. The van der Waals surface area contributed by atoms with Gasteiger partial charge in [0.1, 0.15) is 0 Å². The van der Waals surface area contributed by atoms with Crippen LogP contribution in [0.25, 0.3) is 0 Å². The first-order chi connectivity index (χ1) is 11.8. The molecule has 0 saturated carbocycles. The number of carbonyl (C=O) groups excluding carboxylic acids is 1. The molecule has 1 fully saturated rings. The molecule has 1 aliphatic heterocycles. The normalized spacial score (nSPS) is 17.7. The standard InChI is InChI=1S/C18H25F3N2O2/c1-13(2)16(23-10-9-22-8-7-17(23)24)12-25-11-14-3-5-15(6-4-14)18(19,20)21/h3-6,13,16,22H,7-12H2,1-2H3/t16-/m1/s1. The van der Waals surface area contributed by atoms with E-state index >= 15 is 0 Å². The Kier molecular flexibility index (Phi) is 6.84. The molecular weight excluding hydrogens is 333 g/mol. The average molecular weight is 358 g/mol. The number of halogens is 3. The van der Waals surface area contributed by atoms with Gasteiger partial charge in [0.25, 0.3) is 0 Å². The zero-order valence-corrected chi connectivity index (χ0v) is 14.6. The Morgan fingerprint density at radius 1 is 1.20 bits per heavy atom. The summed E-state index contributed by atoms with van der Waals surface area (Å²) in [5.41, 5.74) is 0.0123. The van der Waals surface area contributed by atoms with E-state index in [1.54, 1.807) is 0 Å². The third-order valence-corrected chi connectivity index (χ3v) is 4.37. The van der Waals surface area contributed by atoms with E-state index in [0.717, 1.165) is 18.7 Å². The summed E-state index contributed by atoms with van der Waals surface area (Å²) in [6, 6.07) is 4.93. The molecule has 1 amide bonds. The van der Waals surface area contributed by atoms with Crippen LogP contribution >= 0.6 is 0 Å². The molecule has 25 heavy (non-hydrogen) atoms. The van der Waals surface area contributed by atoms with Crippen LogP contribution in [0.2, 0.25) is 0 Å². The fourth-order valence-corrected chi connectivity index (χ4v) is 2.87. The molecule has 2 rings (SSSR count). The lowest BCUT2D eigenvalue weighted by Crippen LogP contribution is -2.46. The number of nitrogens with one attached hydrogen (secondary N) is 1. The summed E-state index contributed by atoms with van der Waals surface area (Å²) in [4.78, 5) is 14.1. The van der Waals surface area contributed by atoms with E-state index < -0.39 is 11.7 Å². The van der Waals surface area contributed by atoms with Crippen molar-refractivity contribution in [3.05, 3.63) is 35.4 Å². The van der Waals surface area contributed by atoms with Gasteiger partial charge < -0.3 is 15.0 Å². The van der Waals surface area contributed by atoms with Gasteiger partial charge in [-0.15, -0.1) is 0 Å². The van der Waals surface area contributed by atoms with Crippen molar-refractivity contribution >= 4 is 5.91 Å². The van der Waals surface area contributed by atoms with Crippen molar-refractivity contribution < 1.29 is 22.7 Å². The molecule has 0 unspecified atom stereocenters. The minimum atomic E-state index is -4.33. The second-order valence-electron chi connectivity index (χ2n) is 6.61. The van der Waals surface area contributed by atoms with Crippen LogP contribution in [0.3, 0.4) is 0 Å². The number of ether oxygens (including phenoxy) is 1. The molecule has 0 aliphatic carbocycles. The van der Waals surface area contributed by atoms with Crippen molar-refractivity contribution in [2.45, 2.75) is 39.1 Å². The van der Waals surface area contributed by atoms with Crippen molar-refractivity contribution in [3.63, 3.8) is 0 Å². The van der Waals surface area contributed by atoms with Gasteiger partial charge in [0, 0.05) is 26.1 Å². The van der Waals surface area contributed by atoms with Crippen LogP contribution in [0.5, 0.6) is 0 Å². The summed E-state index contributed by atoms with van der Waals surface area (Å²) < 4.78 is 43.4. The number of rotatable bonds is 6. The smallest absolute Gasteiger partial charge is 0.375 e. The first kappa shape index (κ1) is 19.7. The Morgan fingerprint density at radius 3 is 2.48 bits per heavy atom. The first-order valence-electron chi connectivity index (χ1n) is 8.53. The van der Waals surface area contributed by atoms with E-state index in [1.165, 1.54) is 12.1 Å². The van der Waals surface area contributed by atoms with Crippen LogP contribution in [0.15, 0.2) is 24.3 Å². The highest BCUT2D eigenvalue weighted by Gasteiger charge is 2.30. The summed E-state index contributed by atoms with van der Waals surface area (Å²) >= 11 is 0. The lowest BCUT2D eigenvalue weighted by Gasteiger charge is -2.33. The van der Waals surface area contributed by atoms with Gasteiger partial charge in [0.05, 0.1) is 24.8 Å². The van der Waals surface area contributed by atoms with Gasteiger partial charge in [-0.3, -0.25) is 4.79 Å². The van der Waals surface area contributed by atoms with Gasteiger partial charge in [0.2, 0.25) is 5.91 Å². The molecule has 1 heterocycles. The highest BCUT2D eigenvalue weighted by molar-refractivity contribution is 5.77. The molecule has 4 nitrogen and oxygen atoms in total. The third-order valence-electron chi connectivity index (χ3n) is 4.37. The Labute approximate surface area is 146 Å². The molecule has 0 spiro atoms. The van der Waals surface area contributed by atoms with Gasteiger partial charge in [-0.2, -0.15) is 13.2 Å². The fraction of sp³-hybridized carbons (Fsp3) is 0.611. The first-order valence-corrected chi connectivity index (χ1v) is 8.53. The number of hydrogen-bond donors (Lipinski definition) is 1.